The molecule has 0 amide bonds. The molecule has 2 heterocycles. The van der Waals surface area contributed by atoms with Crippen LogP contribution in [0.5, 0.6) is 0 Å². The number of allylic oxidation sites excluding steroid dienone is 2. The molecule has 3 N–H and O–H groups in total. The number of hydrogen-bond acceptors (Lipinski definition) is 8. The third kappa shape index (κ3) is 4.02. The zero-order chi connectivity index (χ0) is 20.3. The normalized spacial score (nSPS) is 21.4. The molecule has 0 saturated heterocycles. The molecule has 0 saturated carbocycles. The van der Waals surface area contributed by atoms with E-state index >= 15 is 0 Å². The molecule has 0 bridgehead atoms. The van der Waals surface area contributed by atoms with Crippen molar-refractivity contribution < 1.29 is 23.5 Å². The lowest BCUT2D eigenvalue weighted by Crippen LogP contribution is -2.40. The van der Waals surface area contributed by atoms with Gasteiger partial charge in [0.1, 0.15) is 6.26 Å². The zero-order valence-corrected chi connectivity index (χ0v) is 16.5. The van der Waals surface area contributed by atoms with Crippen LogP contribution in [0.4, 0.5) is 0 Å². The summed E-state index contributed by atoms with van der Waals surface area (Å²) in [5, 5.41) is 3.28. The molecule has 28 heavy (non-hydrogen) atoms. The molecule has 3 rings (SSSR count). The fourth-order valence-electron chi connectivity index (χ4n) is 3.79. The average Bonchev–Trinajstić information content (AvgIpc) is 3.14. The van der Waals surface area contributed by atoms with Gasteiger partial charge in [-0.05, 0) is 18.8 Å². The average molecular weight is 389 g/mol. The highest BCUT2D eigenvalue weighted by atomic mass is 16.5. The highest BCUT2D eigenvalue weighted by Crippen LogP contribution is 2.46. The van der Waals surface area contributed by atoms with Crippen molar-refractivity contribution in [2.75, 3.05) is 26.4 Å². The number of nitrogens with zero attached hydrogens (tertiary/aromatic N) is 1. The van der Waals surface area contributed by atoms with E-state index in [0.717, 1.165) is 5.70 Å². The standard InChI is InChI=1S/C20H27N3O5/c1-4-27-19(25)16-13(11-26-7-5-21)23-12-9-20(2,3)10-14(24)15(12)17(16)18-22-6-8-28-18/h6,8,17,23H,4-5,7,9-11,21H2,1-3H3. The van der Waals surface area contributed by atoms with Crippen LogP contribution < -0.4 is 11.1 Å². The Hall–Kier alpha value is -2.45. The largest absolute Gasteiger partial charge is 0.463 e. The van der Waals surface area contributed by atoms with E-state index in [1.807, 2.05) is 13.8 Å². The molecule has 152 valence electrons. The first kappa shape index (κ1) is 20.3. The summed E-state index contributed by atoms with van der Waals surface area (Å²) in [6.45, 7) is 6.90. The number of esters is 1. The summed E-state index contributed by atoms with van der Waals surface area (Å²) in [5.74, 6) is -0.966. The molecule has 0 aromatic carbocycles. The van der Waals surface area contributed by atoms with Crippen LogP contribution in [0.25, 0.3) is 0 Å². The number of nitrogens with one attached hydrogen (secondary N) is 1. The molecule has 8 heteroatoms. The maximum absolute atomic E-state index is 13.1. The lowest BCUT2D eigenvalue weighted by atomic mass is 9.70. The molecule has 1 aromatic rings. The number of nitrogens with two attached hydrogens (primary N) is 1. The summed E-state index contributed by atoms with van der Waals surface area (Å²) in [6, 6.07) is 0. The summed E-state index contributed by atoms with van der Waals surface area (Å²) in [4.78, 5) is 30.1. The smallest absolute Gasteiger partial charge is 0.337 e. The van der Waals surface area contributed by atoms with Crippen LogP contribution in [-0.4, -0.2) is 43.1 Å². The number of ether oxygens (including phenoxy) is 2. The summed E-state index contributed by atoms with van der Waals surface area (Å²) in [5.41, 5.74) is 7.49. The van der Waals surface area contributed by atoms with E-state index in [2.05, 4.69) is 10.3 Å². The van der Waals surface area contributed by atoms with E-state index in [0.29, 0.717) is 48.7 Å². The van der Waals surface area contributed by atoms with Gasteiger partial charge < -0.3 is 24.9 Å². The minimum absolute atomic E-state index is 0.0225. The second-order valence-electron chi connectivity index (χ2n) is 7.72. The van der Waals surface area contributed by atoms with E-state index in [1.165, 1.54) is 12.5 Å². The Bertz CT molecular complexity index is 808. The molecule has 1 unspecified atom stereocenters. The maximum atomic E-state index is 13.1. The van der Waals surface area contributed by atoms with Crippen molar-refractivity contribution in [3.8, 4) is 0 Å². The Morgan fingerprint density at radius 1 is 1.43 bits per heavy atom. The lowest BCUT2D eigenvalue weighted by molar-refractivity contribution is -0.139. The Labute approximate surface area is 164 Å². The molecule has 0 radical (unpaired) electrons. The Kier molecular flexibility index (Phi) is 6.00. The minimum atomic E-state index is -0.717. The fourth-order valence-corrected chi connectivity index (χ4v) is 3.79. The van der Waals surface area contributed by atoms with Crippen molar-refractivity contribution in [2.24, 2.45) is 11.1 Å². The van der Waals surface area contributed by atoms with Crippen molar-refractivity contribution >= 4 is 11.8 Å². The Morgan fingerprint density at radius 3 is 2.86 bits per heavy atom. The molecule has 1 atom stereocenters. The SMILES string of the molecule is CCOC(=O)C1=C(COCCN)NC2=C(C(=O)CC(C)(C)C2)C1c1ncco1. The summed E-state index contributed by atoms with van der Waals surface area (Å²) in [7, 11) is 0. The first-order valence-corrected chi connectivity index (χ1v) is 9.48. The van der Waals surface area contributed by atoms with Crippen LogP contribution in [0, 0.1) is 5.41 Å². The summed E-state index contributed by atoms with van der Waals surface area (Å²) >= 11 is 0. The van der Waals surface area contributed by atoms with Crippen molar-refractivity contribution in [2.45, 2.75) is 39.5 Å². The third-order valence-electron chi connectivity index (χ3n) is 4.83. The summed E-state index contributed by atoms with van der Waals surface area (Å²) in [6.07, 6.45) is 3.99. The van der Waals surface area contributed by atoms with Crippen LogP contribution >= 0.6 is 0 Å². The number of rotatable bonds is 7. The molecule has 2 aliphatic rings. The predicted octanol–water partition coefficient (Wildman–Crippen LogP) is 1.80. The summed E-state index contributed by atoms with van der Waals surface area (Å²) < 4.78 is 16.4. The van der Waals surface area contributed by atoms with E-state index < -0.39 is 11.9 Å². The predicted molar refractivity (Wildman–Crippen MR) is 101 cm³/mol. The van der Waals surface area contributed by atoms with E-state index in [9.17, 15) is 9.59 Å². The van der Waals surface area contributed by atoms with E-state index in [-0.39, 0.29) is 24.4 Å². The van der Waals surface area contributed by atoms with Crippen molar-refractivity contribution in [1.82, 2.24) is 10.3 Å². The van der Waals surface area contributed by atoms with Gasteiger partial charge in [0.25, 0.3) is 0 Å². The van der Waals surface area contributed by atoms with Crippen molar-refractivity contribution in [3.05, 3.63) is 40.9 Å². The topological polar surface area (TPSA) is 117 Å². The van der Waals surface area contributed by atoms with Gasteiger partial charge in [0.05, 0.1) is 43.2 Å². The van der Waals surface area contributed by atoms with E-state index in [4.69, 9.17) is 19.6 Å². The van der Waals surface area contributed by atoms with Gasteiger partial charge in [0, 0.05) is 24.2 Å². The number of hydrogen-bond donors (Lipinski definition) is 2. The van der Waals surface area contributed by atoms with Gasteiger partial charge in [-0.25, -0.2) is 9.78 Å². The second-order valence-corrected chi connectivity index (χ2v) is 7.72. The quantitative estimate of drug-likeness (QED) is 0.536. The first-order chi connectivity index (χ1) is 13.4. The van der Waals surface area contributed by atoms with Crippen LogP contribution in [0.1, 0.15) is 45.4 Å². The number of Topliss-reactive ketones (excluding diaryl/α,β-unsaturated/α-hetero) is 1. The number of dihydropyridines is 1. The molecule has 1 aromatic heterocycles. The van der Waals surface area contributed by atoms with Gasteiger partial charge in [-0.3, -0.25) is 4.79 Å². The number of aromatic nitrogens is 1. The lowest BCUT2D eigenvalue weighted by Gasteiger charge is -2.38. The molecule has 1 aliphatic heterocycles. The van der Waals surface area contributed by atoms with Crippen molar-refractivity contribution in [3.63, 3.8) is 0 Å². The Balaban J connectivity index is 2.11. The molecule has 0 fully saturated rings. The van der Waals surface area contributed by atoms with Gasteiger partial charge >= 0.3 is 5.97 Å². The van der Waals surface area contributed by atoms with Gasteiger partial charge in [-0.1, -0.05) is 13.8 Å². The molecule has 0 spiro atoms. The third-order valence-corrected chi connectivity index (χ3v) is 4.83. The number of oxazole rings is 1. The fraction of sp³-hybridized carbons (Fsp3) is 0.550. The van der Waals surface area contributed by atoms with Crippen LogP contribution in [-0.2, 0) is 19.1 Å². The molecule has 1 aliphatic carbocycles. The van der Waals surface area contributed by atoms with E-state index in [1.54, 1.807) is 6.92 Å². The molecular weight excluding hydrogens is 362 g/mol. The first-order valence-electron chi connectivity index (χ1n) is 9.48. The van der Waals surface area contributed by atoms with Gasteiger partial charge in [-0.2, -0.15) is 0 Å². The zero-order valence-electron chi connectivity index (χ0n) is 16.5. The Morgan fingerprint density at radius 2 is 2.21 bits per heavy atom. The van der Waals surface area contributed by atoms with Gasteiger partial charge in [0.2, 0.25) is 5.89 Å². The number of ketones is 1. The van der Waals surface area contributed by atoms with Crippen LogP contribution in [0.3, 0.4) is 0 Å². The van der Waals surface area contributed by atoms with Gasteiger partial charge in [0.15, 0.2) is 5.78 Å². The maximum Gasteiger partial charge on any atom is 0.337 e. The monoisotopic (exact) mass is 389 g/mol. The number of carbonyl (C=O) groups excluding carboxylic acids is 2. The highest BCUT2D eigenvalue weighted by Gasteiger charge is 2.45. The van der Waals surface area contributed by atoms with Gasteiger partial charge in [-0.15, -0.1) is 0 Å². The minimum Gasteiger partial charge on any atom is -0.463 e. The second kappa shape index (κ2) is 8.28. The number of carbonyl (C=O) groups is 2. The molecular formula is C20H27N3O5. The highest BCUT2D eigenvalue weighted by molar-refractivity contribution is 6.03. The van der Waals surface area contributed by atoms with Crippen molar-refractivity contribution in [1.29, 1.82) is 0 Å². The molecule has 8 nitrogen and oxygen atoms in total. The van der Waals surface area contributed by atoms with Crippen LogP contribution in [0.15, 0.2) is 39.4 Å². The van der Waals surface area contributed by atoms with Crippen LogP contribution in [0.2, 0.25) is 0 Å².